The quantitative estimate of drug-likeness (QED) is 0.392. The summed E-state index contributed by atoms with van der Waals surface area (Å²) >= 11 is 0. The number of rotatable bonds is 2. The normalized spacial score (nSPS) is 11.1. The molecule has 0 fully saturated rings. The van der Waals surface area contributed by atoms with Crippen LogP contribution in [0.15, 0.2) is 66.9 Å². The van der Waals surface area contributed by atoms with Gasteiger partial charge in [-0.2, -0.15) is 0 Å². The summed E-state index contributed by atoms with van der Waals surface area (Å²) in [5.74, 6) is 0. The van der Waals surface area contributed by atoms with Crippen LogP contribution in [0.4, 0.5) is 0 Å². The lowest BCUT2D eigenvalue weighted by molar-refractivity contribution is 1.20. The Hall–Kier alpha value is -2.93. The summed E-state index contributed by atoms with van der Waals surface area (Å²) < 4.78 is 0. The maximum absolute atomic E-state index is 4.52. The van der Waals surface area contributed by atoms with Crippen LogP contribution in [-0.2, 0) is 0 Å². The first-order valence-electron chi connectivity index (χ1n) is 9.09. The van der Waals surface area contributed by atoms with Gasteiger partial charge in [0.05, 0.1) is 0 Å². The highest BCUT2D eigenvalue weighted by molar-refractivity contribution is 6.08. The fourth-order valence-corrected chi connectivity index (χ4v) is 4.00. The zero-order chi connectivity index (χ0) is 18.3. The molecule has 0 saturated carbocycles. The monoisotopic (exact) mass is 337 g/mol. The first kappa shape index (κ1) is 16.5. The van der Waals surface area contributed by atoms with Crippen LogP contribution in [0.2, 0.25) is 0 Å². The summed E-state index contributed by atoms with van der Waals surface area (Å²) in [4.78, 5) is 4.52. The van der Waals surface area contributed by atoms with Crippen molar-refractivity contribution < 1.29 is 0 Å². The molecule has 0 radical (unpaired) electrons. The Morgan fingerprint density at radius 1 is 0.615 bits per heavy atom. The van der Waals surface area contributed by atoms with Crippen LogP contribution >= 0.6 is 0 Å². The van der Waals surface area contributed by atoms with E-state index in [-0.39, 0.29) is 0 Å². The second-order valence-corrected chi connectivity index (χ2v) is 7.06. The lowest BCUT2D eigenvalue weighted by Crippen LogP contribution is -1.95. The van der Waals surface area contributed by atoms with E-state index in [1.165, 1.54) is 49.7 Å². The largest absolute Gasteiger partial charge is 0.261 e. The Balaban J connectivity index is 2.15. The van der Waals surface area contributed by atoms with E-state index in [9.17, 15) is 0 Å². The molecule has 0 saturated heterocycles. The molecule has 4 aromatic rings. The second-order valence-electron chi connectivity index (χ2n) is 7.06. The maximum atomic E-state index is 4.52. The Bertz CT molecular complexity index is 1120. The van der Waals surface area contributed by atoms with Gasteiger partial charge in [-0.3, -0.25) is 4.98 Å². The van der Waals surface area contributed by atoms with Crippen LogP contribution in [0.25, 0.3) is 33.0 Å². The molecule has 0 spiro atoms. The van der Waals surface area contributed by atoms with Crippen molar-refractivity contribution in [3.63, 3.8) is 0 Å². The summed E-state index contributed by atoms with van der Waals surface area (Å²) in [7, 11) is 0. The number of fused-ring (bicyclic) bond motifs is 1. The van der Waals surface area contributed by atoms with Gasteiger partial charge in [-0.1, -0.05) is 54.6 Å². The fraction of sp³-hybridized carbons (Fsp3) is 0.160. The average molecular weight is 337 g/mol. The lowest BCUT2D eigenvalue weighted by atomic mass is 9.85. The van der Waals surface area contributed by atoms with Crippen LogP contribution in [0.1, 0.15) is 22.4 Å². The number of aryl methyl sites for hydroxylation is 4. The Labute approximate surface area is 155 Å². The molecular formula is C25H23N. The van der Waals surface area contributed by atoms with Gasteiger partial charge >= 0.3 is 0 Å². The molecule has 128 valence electrons. The summed E-state index contributed by atoms with van der Waals surface area (Å²) in [5.41, 5.74) is 10.1. The van der Waals surface area contributed by atoms with Crippen molar-refractivity contribution in [2.24, 2.45) is 0 Å². The van der Waals surface area contributed by atoms with Gasteiger partial charge in [-0.15, -0.1) is 0 Å². The smallest absolute Gasteiger partial charge is 0.0451 e. The van der Waals surface area contributed by atoms with Crippen LogP contribution in [-0.4, -0.2) is 4.98 Å². The predicted molar refractivity (Wildman–Crippen MR) is 112 cm³/mol. The van der Waals surface area contributed by atoms with Gasteiger partial charge in [-0.05, 0) is 77.9 Å². The van der Waals surface area contributed by atoms with Crippen molar-refractivity contribution in [3.05, 3.63) is 89.2 Å². The SMILES string of the molecule is Cc1ccccc1-c1cc(C)c(-c2cccnc2C)c2cccc(C)c12. The number of benzene rings is 3. The Morgan fingerprint density at radius 2 is 1.35 bits per heavy atom. The molecule has 0 unspecified atom stereocenters. The zero-order valence-electron chi connectivity index (χ0n) is 15.8. The minimum Gasteiger partial charge on any atom is -0.261 e. The van der Waals surface area contributed by atoms with Gasteiger partial charge in [-0.25, -0.2) is 0 Å². The molecular weight excluding hydrogens is 314 g/mol. The van der Waals surface area contributed by atoms with Gasteiger partial charge in [0.25, 0.3) is 0 Å². The van der Waals surface area contributed by atoms with Crippen molar-refractivity contribution in [2.75, 3.05) is 0 Å². The number of aromatic nitrogens is 1. The van der Waals surface area contributed by atoms with E-state index in [0.29, 0.717) is 0 Å². The van der Waals surface area contributed by atoms with Gasteiger partial charge in [0.15, 0.2) is 0 Å². The molecule has 1 heteroatoms. The molecule has 0 amide bonds. The Kier molecular flexibility index (Phi) is 4.08. The van der Waals surface area contributed by atoms with Crippen molar-refractivity contribution in [3.8, 4) is 22.3 Å². The average Bonchev–Trinajstić information content (AvgIpc) is 2.63. The molecule has 26 heavy (non-hydrogen) atoms. The summed E-state index contributed by atoms with van der Waals surface area (Å²) in [6.07, 6.45) is 1.86. The molecule has 0 bridgehead atoms. The summed E-state index contributed by atoms with van der Waals surface area (Å²) in [5, 5.41) is 2.64. The van der Waals surface area contributed by atoms with E-state index < -0.39 is 0 Å². The van der Waals surface area contributed by atoms with Crippen molar-refractivity contribution in [2.45, 2.75) is 27.7 Å². The van der Waals surface area contributed by atoms with Gasteiger partial charge in [0.2, 0.25) is 0 Å². The standard InChI is InChI=1S/C25H23N/c1-16-9-5-6-11-20(16)23-15-18(3)25(21-13-8-14-26-19(21)4)22-12-7-10-17(2)24(22)23/h5-15H,1-4H3. The van der Waals surface area contributed by atoms with E-state index in [2.05, 4.69) is 87.3 Å². The minimum atomic E-state index is 1.07. The Morgan fingerprint density at radius 3 is 2.12 bits per heavy atom. The number of hydrogen-bond acceptors (Lipinski definition) is 1. The van der Waals surface area contributed by atoms with Crippen molar-refractivity contribution >= 4 is 10.8 Å². The van der Waals surface area contributed by atoms with Gasteiger partial charge in [0.1, 0.15) is 0 Å². The second kappa shape index (κ2) is 6.42. The third-order valence-corrected chi connectivity index (χ3v) is 5.28. The van der Waals surface area contributed by atoms with Crippen LogP contribution in [0, 0.1) is 27.7 Å². The molecule has 0 aliphatic heterocycles. The van der Waals surface area contributed by atoms with E-state index in [4.69, 9.17) is 0 Å². The topological polar surface area (TPSA) is 12.9 Å². The molecule has 3 aromatic carbocycles. The molecule has 1 heterocycles. The highest BCUT2D eigenvalue weighted by atomic mass is 14.7. The number of pyridine rings is 1. The third kappa shape index (κ3) is 2.61. The first-order chi connectivity index (χ1) is 12.6. The fourth-order valence-electron chi connectivity index (χ4n) is 4.00. The highest BCUT2D eigenvalue weighted by Crippen LogP contribution is 2.41. The van der Waals surface area contributed by atoms with Gasteiger partial charge in [0, 0.05) is 17.5 Å². The lowest BCUT2D eigenvalue weighted by Gasteiger charge is -2.19. The van der Waals surface area contributed by atoms with E-state index >= 15 is 0 Å². The van der Waals surface area contributed by atoms with E-state index in [1.807, 2.05) is 12.3 Å². The molecule has 0 aliphatic rings. The molecule has 0 atom stereocenters. The number of nitrogens with zero attached hydrogens (tertiary/aromatic N) is 1. The van der Waals surface area contributed by atoms with E-state index in [0.717, 1.165) is 5.69 Å². The minimum absolute atomic E-state index is 1.07. The zero-order valence-corrected chi connectivity index (χ0v) is 15.8. The molecule has 1 nitrogen and oxygen atoms in total. The number of hydrogen-bond donors (Lipinski definition) is 0. The summed E-state index contributed by atoms with van der Waals surface area (Å²) in [6.45, 7) is 8.70. The van der Waals surface area contributed by atoms with Crippen LogP contribution in [0.5, 0.6) is 0 Å². The first-order valence-corrected chi connectivity index (χ1v) is 9.09. The predicted octanol–water partition coefficient (Wildman–Crippen LogP) is 6.80. The third-order valence-electron chi connectivity index (χ3n) is 5.28. The van der Waals surface area contributed by atoms with Crippen molar-refractivity contribution in [1.29, 1.82) is 0 Å². The molecule has 4 rings (SSSR count). The highest BCUT2D eigenvalue weighted by Gasteiger charge is 2.16. The van der Waals surface area contributed by atoms with Crippen molar-refractivity contribution in [1.82, 2.24) is 4.98 Å². The van der Waals surface area contributed by atoms with E-state index in [1.54, 1.807) is 0 Å². The molecule has 0 aliphatic carbocycles. The van der Waals surface area contributed by atoms with Gasteiger partial charge < -0.3 is 0 Å². The molecule has 1 aromatic heterocycles. The van der Waals surface area contributed by atoms with Crippen LogP contribution < -0.4 is 0 Å². The maximum Gasteiger partial charge on any atom is 0.0451 e. The summed E-state index contributed by atoms with van der Waals surface area (Å²) in [6, 6.07) is 21.8. The molecule has 0 N–H and O–H groups in total. The van der Waals surface area contributed by atoms with Crippen LogP contribution in [0.3, 0.4) is 0 Å².